The molecule has 0 aromatic heterocycles. The predicted molar refractivity (Wildman–Crippen MR) is 16.1 cm³/mol. The van der Waals surface area contributed by atoms with Gasteiger partial charge >= 0.3 is 0 Å². The van der Waals surface area contributed by atoms with E-state index in [-0.39, 0.29) is 6.29 Å². The van der Waals surface area contributed by atoms with Gasteiger partial charge in [0.05, 0.1) is 0 Å². The van der Waals surface area contributed by atoms with Crippen LogP contribution in [-0.4, -0.2) is 10.2 Å². The van der Waals surface area contributed by atoms with Crippen molar-refractivity contribution in [1.29, 1.82) is 0 Å². The van der Waals surface area contributed by atoms with E-state index in [4.69, 9.17) is 10.2 Å². The Hall–Kier alpha value is -0.0800. The summed E-state index contributed by atoms with van der Waals surface area (Å²) in [6, 6.07) is 0. The largest absolute Gasteiger partial charge is 0.526 e. The molecule has 26 valence electrons. The maximum atomic E-state index is 6.17. The molecule has 0 aliphatic carbocycles. The van der Waals surface area contributed by atoms with Crippen molar-refractivity contribution >= 4 is 0 Å². The van der Waals surface area contributed by atoms with E-state index in [0.29, 0.717) is 0 Å². The molecule has 0 saturated heterocycles. The second-order valence-electron chi connectivity index (χ2n) is 0.625. The summed E-state index contributed by atoms with van der Waals surface area (Å²) in [4.78, 5) is 0. The van der Waals surface area contributed by atoms with Gasteiger partial charge in [-0.15, -0.1) is 0 Å². The summed E-state index contributed by atoms with van der Waals surface area (Å²) in [5.41, 5.74) is 0. The van der Waals surface area contributed by atoms with Crippen LogP contribution in [0.3, 0.4) is 0 Å². The minimum Gasteiger partial charge on any atom is -0.526 e. The molecule has 0 unspecified atom stereocenters. The monoisotopic (exact) mass is 63.0 g/mol. The normalized spacial score (nSPS) is 9.00. The van der Waals surface area contributed by atoms with Crippen molar-refractivity contribution in [2.75, 3.05) is 0 Å². The van der Waals surface area contributed by atoms with Gasteiger partial charge in [-0.3, -0.25) is 0 Å². The number of rotatable bonds is 0. The van der Waals surface area contributed by atoms with Crippen LogP contribution in [0.15, 0.2) is 0 Å². The van der Waals surface area contributed by atoms with E-state index >= 15 is 0 Å². The highest BCUT2D eigenvalue weighted by molar-refractivity contribution is 4.35. The van der Waals surface area contributed by atoms with Crippen LogP contribution in [0.25, 0.3) is 0 Å². The third-order valence-electron chi connectivity index (χ3n) is 0. The first-order valence-electron chi connectivity index (χ1n) is 1.00. The Labute approximate surface area is 24.7 Å². The summed E-state index contributed by atoms with van der Waals surface area (Å²) >= 11 is 0. The van der Waals surface area contributed by atoms with E-state index in [1.54, 1.807) is 0 Å². The molecule has 4 N–H and O–H groups in total. The van der Waals surface area contributed by atoms with Gasteiger partial charge in [0.15, 0.2) is 0 Å². The Morgan fingerprint density at radius 2 is 1.50 bits per heavy atom. The van der Waals surface area contributed by atoms with Crippen molar-refractivity contribution in [1.82, 2.24) is 0 Å². The molecule has 2 nitrogen and oxygen atoms in total. The highest BCUT2D eigenvalue weighted by atomic mass is 16.5. The van der Waals surface area contributed by atoms with Crippen LogP contribution < -0.4 is 0 Å². The van der Waals surface area contributed by atoms with Crippen molar-refractivity contribution in [2.24, 2.45) is 0 Å². The first kappa shape index (κ1) is 3.92. The van der Waals surface area contributed by atoms with Crippen LogP contribution in [0.1, 0.15) is 6.92 Å². The molecule has 0 aliphatic heterocycles. The quantitative estimate of drug-likeness (QED) is 0.254. The molecule has 0 fully saturated rings. The van der Waals surface area contributed by atoms with Crippen molar-refractivity contribution in [3.63, 3.8) is 0 Å². The van der Waals surface area contributed by atoms with Gasteiger partial charge in [0.2, 0.25) is 6.29 Å². The molecule has 0 aromatic carbocycles. The lowest BCUT2D eigenvalue weighted by atomic mass is 10.8. The summed E-state index contributed by atoms with van der Waals surface area (Å²) in [7, 11) is 0. The molecular weight excluding hydrogens is 56.0 g/mol. The molecule has 0 spiro atoms. The molecule has 0 atom stereocenters. The van der Waals surface area contributed by atoms with Crippen LogP contribution in [0.2, 0.25) is 0 Å². The molecule has 2 heteroatoms. The fourth-order valence-corrected chi connectivity index (χ4v) is 0. The standard InChI is InChI=1S/C2H7O2/c1-2(3)4/h3-4H2,1H3/q+1. The van der Waals surface area contributed by atoms with Crippen LogP contribution in [-0.2, 0) is 0 Å². The van der Waals surface area contributed by atoms with Crippen LogP contribution in [0, 0.1) is 6.29 Å². The predicted octanol–water partition coefficient (Wildman–Crippen LogP) is -1.06. The van der Waals surface area contributed by atoms with Gasteiger partial charge in [0.1, 0.15) is 0 Å². The molecule has 0 aliphatic rings. The van der Waals surface area contributed by atoms with Gasteiger partial charge in [0.25, 0.3) is 0 Å². The van der Waals surface area contributed by atoms with E-state index in [1.165, 1.54) is 6.92 Å². The molecule has 0 amide bonds. The fraction of sp³-hybridized carbons (Fsp3) is 0.500. The number of hydrogen-bond acceptors (Lipinski definition) is 0. The van der Waals surface area contributed by atoms with Crippen molar-refractivity contribution < 1.29 is 10.2 Å². The van der Waals surface area contributed by atoms with Crippen molar-refractivity contribution in [2.45, 2.75) is 6.92 Å². The summed E-state index contributed by atoms with van der Waals surface area (Å²) in [5, 5.41) is 12.3. The maximum Gasteiger partial charge on any atom is 0.243 e. The van der Waals surface area contributed by atoms with Gasteiger partial charge in [-0.2, -0.15) is 0 Å². The zero-order chi connectivity index (χ0) is 3.58. The first-order valence-corrected chi connectivity index (χ1v) is 1.00. The Kier molecular flexibility index (Phi) is 1.24. The van der Waals surface area contributed by atoms with Crippen LogP contribution in [0.5, 0.6) is 0 Å². The minimum atomic E-state index is -0.0833. The summed E-state index contributed by atoms with van der Waals surface area (Å²) in [6.07, 6.45) is -0.0833. The van der Waals surface area contributed by atoms with E-state index in [1.807, 2.05) is 0 Å². The Bertz CT molecular complexity index is 8.75. The first-order chi connectivity index (χ1) is 1.73. The van der Waals surface area contributed by atoms with Crippen LogP contribution >= 0.6 is 0 Å². The smallest absolute Gasteiger partial charge is 0.243 e. The Balaban J connectivity index is 2.32. The lowest BCUT2D eigenvalue weighted by Crippen LogP contribution is -1.78. The molecule has 0 aromatic rings. The van der Waals surface area contributed by atoms with Gasteiger partial charge < -0.3 is 10.2 Å². The molecule has 0 bridgehead atoms. The molecule has 0 saturated carbocycles. The second kappa shape index (κ2) is 1.26. The minimum absolute atomic E-state index is 0.0833. The molecule has 0 radical (unpaired) electrons. The van der Waals surface area contributed by atoms with Gasteiger partial charge in [-0.1, -0.05) is 0 Å². The summed E-state index contributed by atoms with van der Waals surface area (Å²) in [6.45, 7) is 1.42. The van der Waals surface area contributed by atoms with E-state index in [9.17, 15) is 0 Å². The topological polar surface area (TPSA) is 45.8 Å². The number of hydrogen-bond donors (Lipinski definition) is 0. The third kappa shape index (κ3) is 254. The lowest BCUT2D eigenvalue weighted by Gasteiger charge is -1.84. The molecule has 4 heavy (non-hydrogen) atoms. The van der Waals surface area contributed by atoms with Crippen molar-refractivity contribution in [3.05, 3.63) is 6.29 Å². The zero-order valence-electron chi connectivity index (χ0n) is 2.50. The highest BCUT2D eigenvalue weighted by Gasteiger charge is 1.71. The highest BCUT2D eigenvalue weighted by Crippen LogP contribution is 1.72. The van der Waals surface area contributed by atoms with E-state index < -0.39 is 0 Å². The Morgan fingerprint density at radius 3 is 1.50 bits per heavy atom. The average Bonchev–Trinajstić information content (AvgIpc) is 0.811. The SMILES string of the molecule is C[C-]([OH2+])[OH2+]. The second-order valence-corrected chi connectivity index (χ2v) is 0.625. The molecule has 0 heterocycles. The fourth-order valence-electron chi connectivity index (χ4n) is 0. The average molecular weight is 63.1 g/mol. The van der Waals surface area contributed by atoms with Crippen molar-refractivity contribution in [3.8, 4) is 0 Å². The van der Waals surface area contributed by atoms with Crippen LogP contribution in [0.4, 0.5) is 0 Å². The zero-order valence-corrected chi connectivity index (χ0v) is 2.50. The van der Waals surface area contributed by atoms with Gasteiger partial charge in [0, 0.05) is 0 Å². The lowest BCUT2D eigenvalue weighted by molar-refractivity contribution is 0.0939. The van der Waals surface area contributed by atoms with E-state index in [0.717, 1.165) is 0 Å². The van der Waals surface area contributed by atoms with Gasteiger partial charge in [-0.25, -0.2) is 0 Å². The van der Waals surface area contributed by atoms with Gasteiger partial charge in [-0.05, 0) is 6.92 Å². The summed E-state index contributed by atoms with van der Waals surface area (Å²) < 4.78 is 0. The third-order valence-corrected chi connectivity index (χ3v) is 0. The molecular formula is C2H7O2+. The summed E-state index contributed by atoms with van der Waals surface area (Å²) in [5.74, 6) is 0. The maximum absolute atomic E-state index is 6.17. The van der Waals surface area contributed by atoms with E-state index in [2.05, 4.69) is 0 Å². The Morgan fingerprint density at radius 1 is 1.50 bits per heavy atom. The molecule has 0 rings (SSSR count).